The van der Waals surface area contributed by atoms with Crippen molar-refractivity contribution >= 4 is 0 Å². The molecule has 246 valence electrons. The van der Waals surface area contributed by atoms with E-state index in [-0.39, 0.29) is 0 Å². The highest BCUT2D eigenvalue weighted by Crippen LogP contribution is 2.64. The van der Waals surface area contributed by atoms with Gasteiger partial charge in [-0.25, -0.2) is 0 Å². The summed E-state index contributed by atoms with van der Waals surface area (Å²) in [7, 11) is 0. The number of rotatable bonds is 14. The summed E-state index contributed by atoms with van der Waals surface area (Å²) in [6.07, 6.45) is 51.0. The molecule has 2 unspecified atom stereocenters. The van der Waals surface area contributed by atoms with Gasteiger partial charge in [-0.05, 0) is 103 Å². The Morgan fingerprint density at radius 1 is 0.349 bits per heavy atom. The molecule has 43 heavy (non-hydrogen) atoms. The van der Waals surface area contributed by atoms with Gasteiger partial charge in [0.05, 0.1) is 0 Å². The molecule has 0 aromatic rings. The first-order valence-electron chi connectivity index (χ1n) is 21.3. The Balaban J connectivity index is 1.35. The van der Waals surface area contributed by atoms with E-state index in [0.29, 0.717) is 5.41 Å². The normalized spacial score (nSPS) is 30.4. The van der Waals surface area contributed by atoms with Crippen LogP contribution in [-0.2, 0) is 0 Å². The predicted octanol–water partition coefficient (Wildman–Crippen LogP) is 13.7. The lowest BCUT2D eigenvalue weighted by molar-refractivity contribution is -0.0849. The van der Waals surface area contributed by atoms with Gasteiger partial charge in [0.2, 0.25) is 0 Å². The fourth-order valence-electron chi connectivity index (χ4n) is 14.4. The van der Waals surface area contributed by atoms with Crippen molar-refractivity contribution in [2.75, 3.05) is 0 Å². The summed E-state index contributed by atoms with van der Waals surface area (Å²) >= 11 is 0. The van der Waals surface area contributed by atoms with Crippen molar-refractivity contribution in [2.24, 2.45) is 64.6 Å². The minimum Gasteiger partial charge on any atom is -0.0530 e. The first kappa shape index (κ1) is 31.6. The molecule has 2 atom stereocenters. The van der Waals surface area contributed by atoms with Crippen LogP contribution in [0.1, 0.15) is 205 Å². The van der Waals surface area contributed by atoms with Crippen molar-refractivity contribution in [1.29, 1.82) is 0 Å². The summed E-state index contributed by atoms with van der Waals surface area (Å²) in [5, 5.41) is 0. The molecule has 7 saturated carbocycles. The Kier molecular flexibility index (Phi) is 11.2. The SMILES string of the molecule is C1CCC(CC(C2CCCC2)C(C(CC2CCCC2)C2CCCC2)C(CC2CCCC2)(CC2CCCC2)C2CCCC2)C1. The van der Waals surface area contributed by atoms with Crippen LogP contribution in [0.4, 0.5) is 0 Å². The second kappa shape index (κ2) is 15.3. The maximum absolute atomic E-state index is 1.70. The van der Waals surface area contributed by atoms with Gasteiger partial charge in [-0.3, -0.25) is 0 Å². The monoisotopic (exact) mass is 591 g/mol. The number of hydrogen-bond donors (Lipinski definition) is 0. The third-order valence-corrected chi connectivity index (χ3v) is 16.2. The molecule has 7 aliphatic carbocycles. The lowest BCUT2D eigenvalue weighted by Gasteiger charge is -2.57. The van der Waals surface area contributed by atoms with Crippen LogP contribution < -0.4 is 0 Å². The second-order valence-corrected chi connectivity index (χ2v) is 18.6. The molecule has 0 amide bonds. The Morgan fingerprint density at radius 2 is 0.651 bits per heavy atom. The molecule has 0 aliphatic heterocycles. The maximum Gasteiger partial charge on any atom is -0.0230 e. The Labute approximate surface area is 269 Å². The van der Waals surface area contributed by atoms with Crippen LogP contribution in [0.15, 0.2) is 0 Å². The van der Waals surface area contributed by atoms with Gasteiger partial charge in [0.25, 0.3) is 0 Å². The fraction of sp³-hybridized carbons (Fsp3) is 1.00. The van der Waals surface area contributed by atoms with E-state index in [1.165, 1.54) is 0 Å². The highest BCUT2D eigenvalue weighted by molar-refractivity contribution is 5.05. The van der Waals surface area contributed by atoms with Gasteiger partial charge in [-0.15, -0.1) is 0 Å². The third kappa shape index (κ3) is 7.45. The summed E-state index contributed by atoms with van der Waals surface area (Å²) in [5.74, 6) is 10.8. The fourth-order valence-corrected chi connectivity index (χ4v) is 14.4. The molecule has 0 N–H and O–H groups in total. The van der Waals surface area contributed by atoms with E-state index in [2.05, 4.69) is 0 Å². The Bertz CT molecular complexity index is 728. The molecule has 0 heteroatoms. The topological polar surface area (TPSA) is 0 Å². The lowest BCUT2D eigenvalue weighted by Crippen LogP contribution is -2.50. The van der Waals surface area contributed by atoms with Crippen LogP contribution in [0.5, 0.6) is 0 Å². The van der Waals surface area contributed by atoms with Crippen LogP contribution in [0, 0.1) is 64.6 Å². The van der Waals surface area contributed by atoms with Crippen LogP contribution in [0.3, 0.4) is 0 Å². The highest BCUT2D eigenvalue weighted by Gasteiger charge is 2.56. The van der Waals surface area contributed by atoms with Crippen molar-refractivity contribution in [3.8, 4) is 0 Å². The number of hydrogen-bond acceptors (Lipinski definition) is 0. The van der Waals surface area contributed by atoms with Crippen molar-refractivity contribution in [3.63, 3.8) is 0 Å². The average molecular weight is 591 g/mol. The minimum absolute atomic E-state index is 0.693. The van der Waals surface area contributed by atoms with Crippen molar-refractivity contribution in [2.45, 2.75) is 205 Å². The molecule has 0 radical (unpaired) electrons. The molecule has 7 fully saturated rings. The minimum atomic E-state index is 0.693. The lowest BCUT2D eigenvalue weighted by atomic mass is 9.48. The third-order valence-electron chi connectivity index (χ3n) is 16.2. The Morgan fingerprint density at radius 3 is 1.02 bits per heavy atom. The van der Waals surface area contributed by atoms with Gasteiger partial charge < -0.3 is 0 Å². The van der Waals surface area contributed by atoms with Gasteiger partial charge in [0.1, 0.15) is 0 Å². The van der Waals surface area contributed by atoms with E-state index in [0.717, 1.165) is 59.2 Å². The maximum atomic E-state index is 1.70. The molecule has 0 bridgehead atoms. The molecular formula is C43H74. The molecule has 7 aliphatic rings. The first-order valence-corrected chi connectivity index (χ1v) is 21.3. The summed E-state index contributed by atoms with van der Waals surface area (Å²) in [4.78, 5) is 0. The zero-order valence-electron chi connectivity index (χ0n) is 28.9. The van der Waals surface area contributed by atoms with E-state index in [9.17, 15) is 0 Å². The van der Waals surface area contributed by atoms with Gasteiger partial charge in [-0.1, -0.05) is 167 Å². The predicted molar refractivity (Wildman–Crippen MR) is 185 cm³/mol. The molecule has 0 nitrogen and oxygen atoms in total. The van der Waals surface area contributed by atoms with E-state index in [1.54, 1.807) is 205 Å². The largest absolute Gasteiger partial charge is 0.0530 e. The molecule has 0 heterocycles. The summed E-state index contributed by atoms with van der Waals surface area (Å²) < 4.78 is 0. The van der Waals surface area contributed by atoms with Gasteiger partial charge in [0, 0.05) is 0 Å². The zero-order valence-corrected chi connectivity index (χ0v) is 28.9. The molecular weight excluding hydrogens is 516 g/mol. The van der Waals surface area contributed by atoms with Crippen LogP contribution in [0.2, 0.25) is 0 Å². The molecule has 0 saturated heterocycles. The molecule has 0 spiro atoms. The van der Waals surface area contributed by atoms with Gasteiger partial charge in [-0.2, -0.15) is 0 Å². The smallest absolute Gasteiger partial charge is 0.0230 e. The average Bonchev–Trinajstić information content (AvgIpc) is 3.88. The van der Waals surface area contributed by atoms with Gasteiger partial charge >= 0.3 is 0 Å². The summed E-state index contributed by atoms with van der Waals surface area (Å²) in [5.41, 5.74) is 0.693. The highest BCUT2D eigenvalue weighted by atomic mass is 14.6. The molecule has 0 aromatic heterocycles. The van der Waals surface area contributed by atoms with Crippen molar-refractivity contribution in [1.82, 2.24) is 0 Å². The molecule has 7 rings (SSSR count). The van der Waals surface area contributed by atoms with E-state index < -0.39 is 0 Å². The summed E-state index contributed by atoms with van der Waals surface area (Å²) in [6, 6.07) is 0. The van der Waals surface area contributed by atoms with Crippen molar-refractivity contribution < 1.29 is 0 Å². The van der Waals surface area contributed by atoms with E-state index >= 15 is 0 Å². The summed E-state index contributed by atoms with van der Waals surface area (Å²) in [6.45, 7) is 0. The zero-order chi connectivity index (χ0) is 28.9. The van der Waals surface area contributed by atoms with E-state index in [1.807, 2.05) is 0 Å². The quantitative estimate of drug-likeness (QED) is 0.189. The standard InChI is InChI=1S/C43H74/c1-2-16-33(15-1)29-40(37-23-9-10-24-37)42(41(38-25-11-12-26-38)30-34-17-3-4-18-34)43(39-27-13-14-28-39,31-35-19-5-6-20-35)32-36-21-7-8-22-36/h33-42H,1-32H2. The van der Waals surface area contributed by atoms with E-state index in [4.69, 9.17) is 0 Å². The van der Waals surface area contributed by atoms with Gasteiger partial charge in [0.15, 0.2) is 0 Å². The second-order valence-electron chi connectivity index (χ2n) is 18.6. The van der Waals surface area contributed by atoms with Crippen LogP contribution >= 0.6 is 0 Å². The van der Waals surface area contributed by atoms with Crippen molar-refractivity contribution in [3.05, 3.63) is 0 Å². The first-order chi connectivity index (χ1) is 21.3. The van der Waals surface area contributed by atoms with Crippen LogP contribution in [0.25, 0.3) is 0 Å². The molecule has 0 aromatic carbocycles. The Hall–Kier alpha value is 0. The van der Waals surface area contributed by atoms with Crippen LogP contribution in [-0.4, -0.2) is 0 Å².